The van der Waals surface area contributed by atoms with E-state index in [2.05, 4.69) is 0 Å². The molecule has 0 saturated carbocycles. The topological polar surface area (TPSA) is 60.8 Å². The van der Waals surface area contributed by atoms with E-state index in [0.717, 1.165) is 0 Å². The molecule has 1 aliphatic heterocycles. The first-order valence-corrected chi connectivity index (χ1v) is 4.30. The van der Waals surface area contributed by atoms with Crippen LogP contribution in [0.2, 0.25) is 0 Å². The summed E-state index contributed by atoms with van der Waals surface area (Å²) < 4.78 is 0. The molecule has 1 fully saturated rings. The van der Waals surface area contributed by atoms with Gasteiger partial charge in [-0.1, -0.05) is 6.92 Å². The molecule has 4 nitrogen and oxygen atoms in total. The minimum atomic E-state index is -0.786. The Labute approximate surface area is 71.8 Å². The van der Waals surface area contributed by atoms with E-state index in [4.69, 9.17) is 5.11 Å². The first kappa shape index (κ1) is 9.48. The minimum absolute atomic E-state index is 0.335. The molecule has 0 amide bonds. The summed E-state index contributed by atoms with van der Waals surface area (Å²) in [7, 11) is 0. The first-order chi connectivity index (χ1) is 5.65. The van der Waals surface area contributed by atoms with Gasteiger partial charge in [0.1, 0.15) is 6.04 Å². The van der Waals surface area contributed by atoms with Gasteiger partial charge < -0.3 is 10.2 Å². The summed E-state index contributed by atoms with van der Waals surface area (Å²) in [5.41, 5.74) is 0. The number of carbonyl (C=O) groups is 1. The van der Waals surface area contributed by atoms with Crippen LogP contribution in [0.5, 0.6) is 0 Å². The van der Waals surface area contributed by atoms with Gasteiger partial charge in [0.05, 0.1) is 6.10 Å². The van der Waals surface area contributed by atoms with Gasteiger partial charge in [0.25, 0.3) is 0 Å². The third kappa shape index (κ3) is 1.95. The molecule has 0 aromatic heterocycles. The molecular formula is C8H15NO3. The summed E-state index contributed by atoms with van der Waals surface area (Å²) in [4.78, 5) is 12.5. The van der Waals surface area contributed by atoms with E-state index in [9.17, 15) is 9.90 Å². The lowest BCUT2D eigenvalue weighted by molar-refractivity contribution is -0.143. The van der Waals surface area contributed by atoms with Crippen LogP contribution in [0.25, 0.3) is 0 Å². The van der Waals surface area contributed by atoms with E-state index in [1.165, 1.54) is 0 Å². The number of carboxylic acid groups (broad SMARTS) is 1. The fourth-order valence-corrected chi connectivity index (χ4v) is 1.64. The van der Waals surface area contributed by atoms with Crippen molar-refractivity contribution in [2.24, 2.45) is 0 Å². The third-order valence-corrected chi connectivity index (χ3v) is 2.31. The molecule has 2 unspecified atom stereocenters. The van der Waals surface area contributed by atoms with Crippen LogP contribution in [0.1, 0.15) is 19.8 Å². The highest BCUT2D eigenvalue weighted by Gasteiger charge is 2.29. The molecule has 2 N–H and O–H groups in total. The molecule has 0 radical (unpaired) electrons. The van der Waals surface area contributed by atoms with E-state index in [1.54, 1.807) is 0 Å². The van der Waals surface area contributed by atoms with Crippen LogP contribution < -0.4 is 0 Å². The molecule has 1 aliphatic rings. The van der Waals surface area contributed by atoms with Crippen LogP contribution in [0.15, 0.2) is 0 Å². The van der Waals surface area contributed by atoms with Crippen LogP contribution in [-0.2, 0) is 4.79 Å². The van der Waals surface area contributed by atoms with Gasteiger partial charge in [-0.05, 0) is 12.8 Å². The number of aliphatic carboxylic acids is 1. The second-order valence-corrected chi connectivity index (χ2v) is 3.20. The van der Waals surface area contributed by atoms with Crippen molar-refractivity contribution < 1.29 is 15.0 Å². The van der Waals surface area contributed by atoms with Gasteiger partial charge in [0.15, 0.2) is 0 Å². The van der Waals surface area contributed by atoms with Crippen molar-refractivity contribution in [3.8, 4) is 0 Å². The van der Waals surface area contributed by atoms with Crippen LogP contribution >= 0.6 is 0 Å². The maximum Gasteiger partial charge on any atom is 0.320 e. The van der Waals surface area contributed by atoms with Gasteiger partial charge in [-0.3, -0.25) is 9.69 Å². The van der Waals surface area contributed by atoms with E-state index < -0.39 is 12.0 Å². The molecule has 1 heterocycles. The summed E-state index contributed by atoms with van der Waals surface area (Å²) in [6, 6.07) is -0.415. The summed E-state index contributed by atoms with van der Waals surface area (Å²) in [5.74, 6) is -0.786. The fraction of sp³-hybridized carbons (Fsp3) is 0.875. The van der Waals surface area contributed by atoms with E-state index in [0.29, 0.717) is 25.9 Å². The number of rotatable bonds is 3. The highest BCUT2D eigenvalue weighted by Crippen LogP contribution is 2.14. The van der Waals surface area contributed by atoms with Crippen molar-refractivity contribution in [1.82, 2.24) is 4.90 Å². The molecule has 1 saturated heterocycles. The molecule has 0 aromatic rings. The van der Waals surface area contributed by atoms with Gasteiger partial charge in [-0.15, -0.1) is 0 Å². The van der Waals surface area contributed by atoms with E-state index in [1.807, 2.05) is 11.8 Å². The van der Waals surface area contributed by atoms with Crippen molar-refractivity contribution >= 4 is 5.97 Å². The Hall–Kier alpha value is -0.610. The normalized spacial score (nSPS) is 27.3. The van der Waals surface area contributed by atoms with Gasteiger partial charge in [-0.2, -0.15) is 0 Å². The molecule has 0 bridgehead atoms. The third-order valence-electron chi connectivity index (χ3n) is 2.31. The second kappa shape index (κ2) is 3.87. The van der Waals surface area contributed by atoms with Gasteiger partial charge >= 0.3 is 5.97 Å². The zero-order valence-corrected chi connectivity index (χ0v) is 7.23. The minimum Gasteiger partial charge on any atom is -0.480 e. The van der Waals surface area contributed by atoms with Gasteiger partial charge in [-0.25, -0.2) is 0 Å². The number of likely N-dealkylation sites (tertiary alicyclic amines) is 1. The predicted octanol–water partition coefficient (Wildman–Crippen LogP) is -0.0838. The maximum absolute atomic E-state index is 10.7. The molecule has 0 aromatic carbocycles. The number of hydrogen-bond acceptors (Lipinski definition) is 3. The lowest BCUT2D eigenvalue weighted by Gasteiger charge is -2.21. The Balaban J connectivity index is 2.49. The monoisotopic (exact) mass is 173 g/mol. The smallest absolute Gasteiger partial charge is 0.320 e. The lowest BCUT2D eigenvalue weighted by Crippen LogP contribution is -2.39. The van der Waals surface area contributed by atoms with Crippen LogP contribution in [0.3, 0.4) is 0 Å². The van der Waals surface area contributed by atoms with Crippen LogP contribution in [0, 0.1) is 0 Å². The molecule has 12 heavy (non-hydrogen) atoms. The van der Waals surface area contributed by atoms with Crippen molar-refractivity contribution in [3.63, 3.8) is 0 Å². The zero-order chi connectivity index (χ0) is 9.14. The quantitative estimate of drug-likeness (QED) is 0.626. The maximum atomic E-state index is 10.7. The second-order valence-electron chi connectivity index (χ2n) is 3.20. The average Bonchev–Trinajstić information content (AvgIpc) is 2.37. The summed E-state index contributed by atoms with van der Waals surface area (Å²) in [6.07, 6.45) is 0.963. The van der Waals surface area contributed by atoms with Crippen molar-refractivity contribution in [3.05, 3.63) is 0 Å². The molecule has 4 heteroatoms. The van der Waals surface area contributed by atoms with Gasteiger partial charge in [0.2, 0.25) is 0 Å². The highest BCUT2D eigenvalue weighted by molar-refractivity contribution is 5.73. The number of β-amino-alcohol motifs (C(OH)–C–C–N with tert-alkyl or cyclic N) is 1. The molecule has 70 valence electrons. The molecular weight excluding hydrogens is 158 g/mol. The zero-order valence-electron chi connectivity index (χ0n) is 7.23. The number of carboxylic acids is 1. The summed E-state index contributed by atoms with van der Waals surface area (Å²) in [5, 5.41) is 18.0. The van der Waals surface area contributed by atoms with Crippen molar-refractivity contribution in [2.45, 2.75) is 31.9 Å². The molecule has 2 atom stereocenters. The van der Waals surface area contributed by atoms with E-state index >= 15 is 0 Å². The Bertz CT molecular complexity index is 172. The fourth-order valence-electron chi connectivity index (χ4n) is 1.64. The predicted molar refractivity (Wildman–Crippen MR) is 43.9 cm³/mol. The Morgan fingerprint density at radius 3 is 2.75 bits per heavy atom. The molecule has 0 spiro atoms. The first-order valence-electron chi connectivity index (χ1n) is 4.30. The Kier molecular flexibility index (Phi) is 3.05. The SMILES string of the molecule is CCC(C(=O)O)N1CCC(O)C1. The number of aliphatic hydroxyl groups excluding tert-OH is 1. The van der Waals surface area contributed by atoms with Crippen LogP contribution in [0.4, 0.5) is 0 Å². The van der Waals surface area contributed by atoms with Crippen molar-refractivity contribution in [1.29, 1.82) is 0 Å². The largest absolute Gasteiger partial charge is 0.480 e. The Morgan fingerprint density at radius 1 is 1.75 bits per heavy atom. The van der Waals surface area contributed by atoms with E-state index in [-0.39, 0.29) is 6.10 Å². The van der Waals surface area contributed by atoms with Crippen molar-refractivity contribution in [2.75, 3.05) is 13.1 Å². The highest BCUT2D eigenvalue weighted by atomic mass is 16.4. The standard InChI is InChI=1S/C8H15NO3/c1-2-7(8(11)12)9-4-3-6(10)5-9/h6-7,10H,2-5H2,1H3,(H,11,12). The number of aliphatic hydroxyl groups is 1. The summed E-state index contributed by atoms with van der Waals surface area (Å²) in [6.45, 7) is 3.06. The average molecular weight is 173 g/mol. The Morgan fingerprint density at radius 2 is 2.42 bits per heavy atom. The number of nitrogens with zero attached hydrogens (tertiary/aromatic N) is 1. The lowest BCUT2D eigenvalue weighted by atomic mass is 10.2. The molecule has 1 rings (SSSR count). The van der Waals surface area contributed by atoms with Gasteiger partial charge in [0, 0.05) is 13.1 Å². The van der Waals surface area contributed by atoms with Crippen LogP contribution in [-0.4, -0.2) is 46.3 Å². The summed E-state index contributed by atoms with van der Waals surface area (Å²) >= 11 is 0. The number of hydrogen-bond donors (Lipinski definition) is 2. The molecule has 0 aliphatic carbocycles.